The molecule has 0 amide bonds. The highest BCUT2D eigenvalue weighted by atomic mass is 16.7. The minimum absolute atomic E-state index is 0.169. The summed E-state index contributed by atoms with van der Waals surface area (Å²) < 4.78 is 22.8. The maximum Gasteiger partial charge on any atom is 0.231 e. The quantitative estimate of drug-likeness (QED) is 0.536. The van der Waals surface area contributed by atoms with Gasteiger partial charge in [-0.3, -0.25) is 4.90 Å². The Bertz CT molecular complexity index is 1380. The van der Waals surface area contributed by atoms with E-state index in [1.165, 1.54) is 23.1 Å². The molecule has 0 spiro atoms. The number of likely N-dealkylation sites (N-methyl/N-ethyl adjacent to an activating group) is 1. The van der Waals surface area contributed by atoms with Gasteiger partial charge in [-0.2, -0.15) is 0 Å². The lowest BCUT2D eigenvalue weighted by Crippen LogP contribution is -2.50. The van der Waals surface area contributed by atoms with Crippen LogP contribution in [0.25, 0.3) is 0 Å². The van der Waals surface area contributed by atoms with Crippen LogP contribution in [0.5, 0.6) is 23.0 Å². The zero-order valence-electron chi connectivity index (χ0n) is 23.5. The summed E-state index contributed by atoms with van der Waals surface area (Å²) in [6.07, 6.45) is 7.03. The summed E-state index contributed by atoms with van der Waals surface area (Å²) in [5.74, 6) is 11.8. The highest BCUT2D eigenvalue weighted by Crippen LogP contribution is 2.64. The molecule has 1 N–H and O–H groups in total. The fourth-order valence-electron chi connectivity index (χ4n) is 8.71. The number of aliphatic hydroxyl groups is 1. The van der Waals surface area contributed by atoms with Crippen LogP contribution < -0.4 is 18.9 Å². The van der Waals surface area contributed by atoms with Crippen LogP contribution >= 0.6 is 0 Å². The van der Waals surface area contributed by atoms with Gasteiger partial charge in [0.15, 0.2) is 11.5 Å². The Morgan fingerprint density at radius 2 is 1.90 bits per heavy atom. The van der Waals surface area contributed by atoms with E-state index in [0.29, 0.717) is 29.3 Å². The van der Waals surface area contributed by atoms with E-state index in [1.54, 1.807) is 14.2 Å². The van der Waals surface area contributed by atoms with Crippen LogP contribution in [0, 0.1) is 29.1 Å². The van der Waals surface area contributed by atoms with E-state index in [0.717, 1.165) is 62.1 Å². The van der Waals surface area contributed by atoms with E-state index in [1.807, 2.05) is 0 Å². The van der Waals surface area contributed by atoms with E-state index in [4.69, 9.17) is 18.9 Å². The Morgan fingerprint density at radius 3 is 2.72 bits per heavy atom. The predicted octanol–water partition coefficient (Wildman–Crippen LogP) is 5.25. The first-order valence-corrected chi connectivity index (χ1v) is 14.5. The molecule has 2 aliphatic heterocycles. The van der Waals surface area contributed by atoms with Crippen LogP contribution in [0.2, 0.25) is 0 Å². The first-order chi connectivity index (χ1) is 18.9. The lowest BCUT2D eigenvalue weighted by Gasteiger charge is -2.52. The summed E-state index contributed by atoms with van der Waals surface area (Å²) in [5.41, 5.74) is 3.98. The van der Waals surface area contributed by atoms with Crippen LogP contribution in [0.1, 0.15) is 73.2 Å². The number of hydrogen-bond donors (Lipinski definition) is 1. The minimum Gasteiger partial charge on any atom is -0.497 e. The van der Waals surface area contributed by atoms with Crippen molar-refractivity contribution < 1.29 is 24.1 Å². The summed E-state index contributed by atoms with van der Waals surface area (Å²) in [4.78, 5) is 2.27. The van der Waals surface area contributed by atoms with E-state index >= 15 is 0 Å². The first kappa shape index (κ1) is 25.1. The Hall–Kier alpha value is -2.88. The van der Waals surface area contributed by atoms with Gasteiger partial charge in [-0.05, 0) is 105 Å². The molecule has 0 aromatic heterocycles. The standard InChI is InChI=1S/C33H39NO5/c1-32-13-9-24-23-8-6-22(36-3)17-20(23)5-7-25(24)26(32)10-14-33(32,35)15-11-27-29-21(12-16-34(27)2)18-28-30(31(29)37-4)39-19-38-28/h6,8,17-18,24-27,35H,5,7,9-10,12-14,16,19H2,1-4H3/t24-,25-,26-,27+,32+,33+/m1/s1. The highest BCUT2D eigenvalue weighted by Gasteiger charge is 2.61. The molecule has 6 heteroatoms. The Morgan fingerprint density at radius 1 is 1.03 bits per heavy atom. The molecule has 0 radical (unpaired) electrons. The van der Waals surface area contributed by atoms with Gasteiger partial charge >= 0.3 is 0 Å². The fourth-order valence-corrected chi connectivity index (χ4v) is 8.71. The van der Waals surface area contributed by atoms with Crippen molar-refractivity contribution in [1.29, 1.82) is 0 Å². The van der Waals surface area contributed by atoms with Crippen molar-refractivity contribution in [3.8, 4) is 34.8 Å². The molecule has 0 unspecified atom stereocenters. The van der Waals surface area contributed by atoms with Crippen molar-refractivity contribution in [1.82, 2.24) is 4.90 Å². The van der Waals surface area contributed by atoms with Gasteiger partial charge in [-0.1, -0.05) is 24.8 Å². The third kappa shape index (κ3) is 3.62. The smallest absolute Gasteiger partial charge is 0.231 e. The Balaban J connectivity index is 1.21. The fraction of sp³-hybridized carbons (Fsp3) is 0.576. The Kier molecular flexibility index (Phi) is 5.84. The van der Waals surface area contributed by atoms with Gasteiger partial charge in [0.05, 0.1) is 14.2 Å². The monoisotopic (exact) mass is 529 g/mol. The molecular formula is C33H39NO5. The van der Waals surface area contributed by atoms with Gasteiger partial charge in [0, 0.05) is 17.5 Å². The first-order valence-electron chi connectivity index (χ1n) is 14.5. The highest BCUT2D eigenvalue weighted by molar-refractivity contribution is 5.63. The number of benzene rings is 2. The molecule has 2 heterocycles. The molecule has 5 aliphatic rings. The van der Waals surface area contributed by atoms with Gasteiger partial charge in [-0.25, -0.2) is 0 Å². The van der Waals surface area contributed by atoms with E-state index in [-0.39, 0.29) is 18.2 Å². The van der Waals surface area contributed by atoms with Crippen molar-refractivity contribution in [2.75, 3.05) is 34.6 Å². The average molecular weight is 530 g/mol. The molecule has 3 aliphatic carbocycles. The Labute approximate surface area is 231 Å². The van der Waals surface area contributed by atoms with Gasteiger partial charge in [0.25, 0.3) is 0 Å². The van der Waals surface area contributed by atoms with Gasteiger partial charge < -0.3 is 24.1 Å². The topological polar surface area (TPSA) is 60.4 Å². The molecule has 39 heavy (non-hydrogen) atoms. The number of nitrogens with zero attached hydrogens (tertiary/aromatic N) is 1. The lowest BCUT2D eigenvalue weighted by atomic mass is 9.53. The van der Waals surface area contributed by atoms with Crippen molar-refractivity contribution >= 4 is 0 Å². The molecule has 0 saturated heterocycles. The minimum atomic E-state index is -0.995. The second kappa shape index (κ2) is 9.08. The van der Waals surface area contributed by atoms with Gasteiger partial charge in [-0.15, -0.1) is 0 Å². The normalized spacial score (nSPS) is 34.2. The van der Waals surface area contributed by atoms with E-state index < -0.39 is 5.60 Å². The third-order valence-corrected chi connectivity index (χ3v) is 10.9. The SMILES string of the molecule is COc1ccc2c(c1)CC[C@@H]1[C@@H]2CC[C@@]2(C)[C@@H]1CC[C@]2(O)C#C[C@H]1c2c(cc3c(c2OC)OCO3)CCN1C. The molecule has 206 valence electrons. The molecular weight excluding hydrogens is 490 g/mol. The number of aryl methyl sites for hydroxylation is 1. The van der Waals surface area contributed by atoms with Crippen molar-refractivity contribution in [2.45, 2.75) is 69.4 Å². The molecule has 0 bridgehead atoms. The lowest BCUT2D eigenvalue weighted by molar-refractivity contribution is -0.0649. The second-order valence-corrected chi connectivity index (χ2v) is 12.5. The van der Waals surface area contributed by atoms with Gasteiger partial charge in [0.2, 0.25) is 12.5 Å². The van der Waals surface area contributed by atoms with Crippen LogP contribution in [0.4, 0.5) is 0 Å². The second-order valence-electron chi connectivity index (χ2n) is 12.5. The van der Waals surface area contributed by atoms with Crippen LogP contribution in [-0.2, 0) is 12.8 Å². The number of methoxy groups -OCH3 is 2. The molecule has 2 saturated carbocycles. The number of hydrogen-bond acceptors (Lipinski definition) is 6. The van der Waals surface area contributed by atoms with Crippen molar-refractivity contribution in [3.05, 3.63) is 46.5 Å². The van der Waals surface area contributed by atoms with E-state index in [2.05, 4.69) is 55.0 Å². The zero-order chi connectivity index (χ0) is 26.9. The summed E-state index contributed by atoms with van der Waals surface area (Å²) in [6.45, 7) is 3.41. The largest absolute Gasteiger partial charge is 0.497 e. The molecule has 2 fully saturated rings. The van der Waals surface area contributed by atoms with Gasteiger partial charge in [0.1, 0.15) is 17.4 Å². The zero-order valence-corrected chi connectivity index (χ0v) is 23.5. The summed E-state index contributed by atoms with van der Waals surface area (Å²) in [5, 5.41) is 12.3. The molecule has 6 nitrogen and oxygen atoms in total. The van der Waals surface area contributed by atoms with Crippen LogP contribution in [0.15, 0.2) is 24.3 Å². The molecule has 2 aromatic rings. The number of ether oxygens (including phenoxy) is 4. The van der Waals surface area contributed by atoms with Crippen molar-refractivity contribution in [3.63, 3.8) is 0 Å². The predicted molar refractivity (Wildman–Crippen MR) is 149 cm³/mol. The maximum absolute atomic E-state index is 12.3. The summed E-state index contributed by atoms with van der Waals surface area (Å²) in [6, 6.07) is 8.56. The third-order valence-electron chi connectivity index (χ3n) is 10.9. The van der Waals surface area contributed by atoms with E-state index in [9.17, 15) is 5.11 Å². The average Bonchev–Trinajstić information content (AvgIpc) is 3.52. The van der Waals surface area contributed by atoms with Crippen LogP contribution in [0.3, 0.4) is 0 Å². The number of fused-ring (bicyclic) bond motifs is 7. The maximum atomic E-state index is 12.3. The summed E-state index contributed by atoms with van der Waals surface area (Å²) in [7, 11) is 5.53. The van der Waals surface area contributed by atoms with Crippen LogP contribution in [-0.4, -0.2) is 50.2 Å². The molecule has 7 rings (SSSR count). The number of rotatable bonds is 2. The molecule has 6 atom stereocenters. The summed E-state index contributed by atoms with van der Waals surface area (Å²) >= 11 is 0. The van der Waals surface area contributed by atoms with Crippen molar-refractivity contribution in [2.24, 2.45) is 17.3 Å². The molecule has 2 aromatic carbocycles.